The minimum absolute atomic E-state index is 0. The molecule has 1 fully saturated rings. The maximum Gasteiger partial charge on any atom is 0.156 e. The highest BCUT2D eigenvalue weighted by atomic mass is 35.5. The maximum absolute atomic E-state index is 5.59. The predicted octanol–water partition coefficient (Wildman–Crippen LogP) is 2.47. The topological polar surface area (TPSA) is 53.5 Å². The average Bonchev–Trinajstić information content (AvgIpc) is 3.00. The molecule has 1 aromatic rings. The molecule has 0 radical (unpaired) electrons. The summed E-state index contributed by atoms with van der Waals surface area (Å²) in [6, 6.07) is 0. The van der Waals surface area contributed by atoms with Gasteiger partial charge in [0.15, 0.2) is 5.82 Å². The summed E-state index contributed by atoms with van der Waals surface area (Å²) < 4.78 is 5.59. The van der Waals surface area contributed by atoms with Gasteiger partial charge in [0.1, 0.15) is 12.4 Å². The standard InChI is InChI=1S/C19H33N5O.2ClH/c1-3-10-23-11-5-12-24(14-13-23)19-16-6-8-20-9-7-17(16)21-18(22-19)15-25-4-2;;/h20H,3-15H2,1-2H3;2*1H. The molecule has 0 spiro atoms. The quantitative estimate of drug-likeness (QED) is 0.763. The van der Waals surface area contributed by atoms with Crippen molar-refractivity contribution in [2.45, 2.75) is 46.1 Å². The van der Waals surface area contributed by atoms with Crippen molar-refractivity contribution in [1.82, 2.24) is 20.2 Å². The summed E-state index contributed by atoms with van der Waals surface area (Å²) in [5.41, 5.74) is 2.58. The van der Waals surface area contributed by atoms with E-state index in [4.69, 9.17) is 14.7 Å². The van der Waals surface area contributed by atoms with Gasteiger partial charge < -0.3 is 19.9 Å². The van der Waals surface area contributed by atoms with Crippen LogP contribution >= 0.6 is 24.8 Å². The first-order valence-corrected chi connectivity index (χ1v) is 9.96. The van der Waals surface area contributed by atoms with Crippen LogP contribution in [0.4, 0.5) is 5.82 Å². The molecule has 0 atom stereocenters. The highest BCUT2D eigenvalue weighted by Gasteiger charge is 2.23. The molecule has 1 aromatic heterocycles. The van der Waals surface area contributed by atoms with Crippen LogP contribution < -0.4 is 10.2 Å². The highest BCUT2D eigenvalue weighted by molar-refractivity contribution is 5.85. The molecule has 0 saturated carbocycles. The van der Waals surface area contributed by atoms with Crippen LogP contribution in [-0.2, 0) is 24.2 Å². The van der Waals surface area contributed by atoms with Gasteiger partial charge in [-0.2, -0.15) is 0 Å². The Morgan fingerprint density at radius 3 is 2.59 bits per heavy atom. The number of fused-ring (bicyclic) bond motifs is 1. The van der Waals surface area contributed by atoms with Crippen molar-refractivity contribution in [2.24, 2.45) is 0 Å². The molecule has 8 heteroatoms. The maximum atomic E-state index is 5.59. The predicted molar refractivity (Wildman–Crippen MR) is 116 cm³/mol. The van der Waals surface area contributed by atoms with Crippen LogP contribution in [0.3, 0.4) is 0 Å². The second-order valence-electron chi connectivity index (χ2n) is 6.96. The first-order chi connectivity index (χ1) is 12.3. The molecule has 27 heavy (non-hydrogen) atoms. The lowest BCUT2D eigenvalue weighted by Crippen LogP contribution is -2.32. The van der Waals surface area contributed by atoms with Gasteiger partial charge in [0.2, 0.25) is 0 Å². The Bertz CT molecular complexity index is 561. The molecule has 156 valence electrons. The number of ether oxygens (including phenoxy) is 1. The van der Waals surface area contributed by atoms with Crippen molar-refractivity contribution in [3.8, 4) is 0 Å². The molecule has 3 rings (SSSR count). The summed E-state index contributed by atoms with van der Waals surface area (Å²) in [6.07, 6.45) is 4.44. The van der Waals surface area contributed by atoms with Crippen LogP contribution in [0.1, 0.15) is 43.8 Å². The fourth-order valence-corrected chi connectivity index (χ4v) is 3.82. The van der Waals surface area contributed by atoms with Crippen molar-refractivity contribution < 1.29 is 4.74 Å². The second kappa shape index (κ2) is 12.7. The molecule has 0 bridgehead atoms. The summed E-state index contributed by atoms with van der Waals surface area (Å²) in [6.45, 7) is 13.2. The third-order valence-electron chi connectivity index (χ3n) is 5.07. The fraction of sp³-hybridized carbons (Fsp3) is 0.789. The van der Waals surface area contributed by atoms with Crippen molar-refractivity contribution >= 4 is 30.6 Å². The lowest BCUT2D eigenvalue weighted by Gasteiger charge is -2.26. The monoisotopic (exact) mass is 419 g/mol. The van der Waals surface area contributed by atoms with E-state index in [0.29, 0.717) is 13.2 Å². The molecule has 0 aliphatic carbocycles. The Morgan fingerprint density at radius 2 is 1.81 bits per heavy atom. The van der Waals surface area contributed by atoms with Crippen LogP contribution in [0.15, 0.2) is 0 Å². The van der Waals surface area contributed by atoms with Gasteiger partial charge in [-0.3, -0.25) is 0 Å². The van der Waals surface area contributed by atoms with E-state index in [1.165, 1.54) is 43.0 Å². The number of nitrogens with zero attached hydrogens (tertiary/aromatic N) is 4. The van der Waals surface area contributed by atoms with E-state index in [2.05, 4.69) is 22.0 Å². The van der Waals surface area contributed by atoms with Gasteiger partial charge in [-0.05, 0) is 45.8 Å². The average molecular weight is 420 g/mol. The minimum Gasteiger partial charge on any atom is -0.374 e. The SMILES string of the molecule is CCCN1CCCN(c2nc(COCC)nc3c2CCNCC3)CC1.Cl.Cl. The second-order valence-corrected chi connectivity index (χ2v) is 6.96. The van der Waals surface area contributed by atoms with Gasteiger partial charge >= 0.3 is 0 Å². The molecule has 0 amide bonds. The van der Waals surface area contributed by atoms with Crippen LogP contribution in [0.25, 0.3) is 0 Å². The number of rotatable bonds is 6. The lowest BCUT2D eigenvalue weighted by molar-refractivity contribution is 0.128. The Hall–Kier alpha value is -0.660. The van der Waals surface area contributed by atoms with Gasteiger partial charge in [0, 0.05) is 44.8 Å². The number of halogens is 2. The summed E-state index contributed by atoms with van der Waals surface area (Å²) in [5, 5.41) is 3.50. The van der Waals surface area contributed by atoms with E-state index >= 15 is 0 Å². The molecule has 3 heterocycles. The van der Waals surface area contributed by atoms with Crippen molar-refractivity contribution in [1.29, 1.82) is 0 Å². The molecule has 0 unspecified atom stereocenters. The third-order valence-corrected chi connectivity index (χ3v) is 5.07. The summed E-state index contributed by atoms with van der Waals surface area (Å²) in [5.74, 6) is 2.01. The van der Waals surface area contributed by atoms with Gasteiger partial charge in [0.25, 0.3) is 0 Å². The van der Waals surface area contributed by atoms with Crippen LogP contribution in [-0.4, -0.2) is 67.3 Å². The Kier molecular flexibility index (Phi) is 11.5. The van der Waals surface area contributed by atoms with Crippen molar-refractivity contribution in [3.05, 3.63) is 17.1 Å². The van der Waals surface area contributed by atoms with Gasteiger partial charge in [-0.1, -0.05) is 6.92 Å². The summed E-state index contributed by atoms with van der Waals surface area (Å²) in [4.78, 5) is 14.8. The normalized spacial score (nSPS) is 17.9. The van der Waals surface area contributed by atoms with Gasteiger partial charge in [0.05, 0.1) is 5.69 Å². The zero-order valence-electron chi connectivity index (χ0n) is 16.7. The largest absolute Gasteiger partial charge is 0.374 e. The molecule has 2 aliphatic heterocycles. The number of hydrogen-bond acceptors (Lipinski definition) is 6. The van der Waals surface area contributed by atoms with E-state index in [1.54, 1.807) is 0 Å². The molecular formula is C19H35Cl2N5O. The van der Waals surface area contributed by atoms with E-state index in [-0.39, 0.29) is 24.8 Å². The molecule has 1 N–H and O–H groups in total. The first kappa shape index (κ1) is 24.4. The Morgan fingerprint density at radius 1 is 1.00 bits per heavy atom. The highest BCUT2D eigenvalue weighted by Crippen LogP contribution is 2.25. The molecule has 0 aromatic carbocycles. The van der Waals surface area contributed by atoms with Crippen molar-refractivity contribution in [2.75, 3.05) is 57.3 Å². The third kappa shape index (κ3) is 6.71. The minimum atomic E-state index is 0. The lowest BCUT2D eigenvalue weighted by atomic mass is 10.1. The number of anilines is 1. The zero-order valence-corrected chi connectivity index (χ0v) is 18.3. The first-order valence-electron chi connectivity index (χ1n) is 9.96. The number of hydrogen-bond donors (Lipinski definition) is 1. The van der Waals surface area contributed by atoms with E-state index in [9.17, 15) is 0 Å². The summed E-state index contributed by atoms with van der Waals surface area (Å²) in [7, 11) is 0. The van der Waals surface area contributed by atoms with Crippen LogP contribution in [0.2, 0.25) is 0 Å². The number of aromatic nitrogens is 2. The van der Waals surface area contributed by atoms with Gasteiger partial charge in [-0.15, -0.1) is 24.8 Å². The number of nitrogens with one attached hydrogen (secondary N) is 1. The molecule has 2 aliphatic rings. The summed E-state index contributed by atoms with van der Waals surface area (Å²) >= 11 is 0. The molecule has 1 saturated heterocycles. The Balaban J connectivity index is 0.00000182. The fourth-order valence-electron chi connectivity index (χ4n) is 3.82. The van der Waals surface area contributed by atoms with Crippen LogP contribution in [0, 0.1) is 0 Å². The van der Waals surface area contributed by atoms with Crippen molar-refractivity contribution in [3.63, 3.8) is 0 Å². The molecule has 6 nitrogen and oxygen atoms in total. The zero-order chi connectivity index (χ0) is 17.5. The smallest absolute Gasteiger partial charge is 0.156 e. The van der Waals surface area contributed by atoms with Gasteiger partial charge in [-0.25, -0.2) is 9.97 Å². The van der Waals surface area contributed by atoms with E-state index < -0.39 is 0 Å². The van der Waals surface area contributed by atoms with Crippen LogP contribution in [0.5, 0.6) is 0 Å². The molecular weight excluding hydrogens is 385 g/mol. The van der Waals surface area contributed by atoms with E-state index in [0.717, 1.165) is 51.4 Å². The Labute approximate surface area is 176 Å². The van der Waals surface area contributed by atoms with E-state index in [1.807, 2.05) is 6.92 Å².